The van der Waals surface area contributed by atoms with Gasteiger partial charge < -0.3 is 9.47 Å². The number of anilines is 3. The molecule has 0 saturated heterocycles. The number of fused-ring (bicyclic) bond motifs is 6. The molecule has 2 heteroatoms. The van der Waals surface area contributed by atoms with E-state index in [1.807, 2.05) is 0 Å². The third-order valence-electron chi connectivity index (χ3n) is 13.8. The standard InChI is InChI=1S/C55H50N2/c1-5-19-39(20-6-1)45-27-14-17-31-52(45)56(44-34-36-49-48-29-15-18-32-53(48)57(54(49)38-44)42-25-11-4-12-26-42)43-33-35-47-46-28-13-16-30-50(46)55(51(47)37-43,40-21-7-2-8-22-40)41-23-9-3-10-24-41/h2-3,7-10,13-18,21-24,27-39,42H,1,4-6,11-12,19-20,25-26H2. The van der Waals surface area contributed by atoms with Gasteiger partial charge in [-0.05, 0) is 107 Å². The molecule has 1 aromatic heterocycles. The zero-order valence-electron chi connectivity index (χ0n) is 32.8. The molecule has 0 spiro atoms. The van der Waals surface area contributed by atoms with E-state index in [2.05, 4.69) is 179 Å². The average molecular weight is 739 g/mol. The van der Waals surface area contributed by atoms with Gasteiger partial charge in [-0.1, -0.05) is 172 Å². The van der Waals surface area contributed by atoms with Crippen LogP contribution in [0.4, 0.5) is 17.1 Å². The van der Waals surface area contributed by atoms with Gasteiger partial charge in [-0.25, -0.2) is 0 Å². The molecule has 3 aliphatic rings. The van der Waals surface area contributed by atoms with Crippen LogP contribution in [0.25, 0.3) is 32.9 Å². The lowest BCUT2D eigenvalue weighted by Gasteiger charge is -2.35. The average Bonchev–Trinajstić information content (AvgIpc) is 3.78. The molecule has 2 nitrogen and oxygen atoms in total. The van der Waals surface area contributed by atoms with Gasteiger partial charge in [-0.15, -0.1) is 0 Å². The SMILES string of the molecule is c1ccc(C2(c3ccccc3)c3ccccc3-c3ccc(N(c4ccc5c6ccccc6n(C6CCCCC6)c5c4)c4ccccc4C4CCCCC4)cc32)cc1. The van der Waals surface area contributed by atoms with E-state index in [9.17, 15) is 0 Å². The highest BCUT2D eigenvalue weighted by atomic mass is 15.1. The lowest BCUT2D eigenvalue weighted by atomic mass is 9.67. The minimum atomic E-state index is -0.462. The summed E-state index contributed by atoms with van der Waals surface area (Å²) in [5.41, 5.74) is 15.4. The van der Waals surface area contributed by atoms with Crippen LogP contribution in [0.15, 0.2) is 170 Å². The molecular formula is C55H50N2. The number of nitrogens with zero attached hydrogens (tertiary/aromatic N) is 2. The Bertz CT molecular complexity index is 2670. The van der Waals surface area contributed by atoms with Crippen molar-refractivity contribution in [3.05, 3.63) is 198 Å². The molecule has 0 radical (unpaired) electrons. The fourth-order valence-electron chi connectivity index (χ4n) is 11.3. The predicted octanol–water partition coefficient (Wildman–Crippen LogP) is 15.2. The van der Waals surface area contributed by atoms with Gasteiger partial charge in [0, 0.05) is 39.4 Å². The minimum absolute atomic E-state index is 0.462. The van der Waals surface area contributed by atoms with Crippen molar-refractivity contribution in [2.24, 2.45) is 0 Å². The van der Waals surface area contributed by atoms with E-state index in [0.29, 0.717) is 12.0 Å². The molecule has 8 aromatic rings. The van der Waals surface area contributed by atoms with Crippen LogP contribution >= 0.6 is 0 Å². The molecule has 280 valence electrons. The maximum absolute atomic E-state index is 2.72. The Morgan fingerprint density at radius 3 is 1.79 bits per heavy atom. The Morgan fingerprint density at radius 1 is 0.439 bits per heavy atom. The van der Waals surface area contributed by atoms with E-state index in [0.717, 1.165) is 0 Å². The summed E-state index contributed by atoms with van der Waals surface area (Å²) in [7, 11) is 0. The van der Waals surface area contributed by atoms with Crippen molar-refractivity contribution in [2.75, 3.05) is 4.90 Å². The van der Waals surface area contributed by atoms with Crippen LogP contribution in [-0.2, 0) is 5.41 Å². The van der Waals surface area contributed by atoms with Gasteiger partial charge in [0.05, 0.1) is 10.9 Å². The molecule has 0 N–H and O–H groups in total. The Balaban J connectivity index is 1.18. The molecule has 57 heavy (non-hydrogen) atoms. The summed E-state index contributed by atoms with van der Waals surface area (Å²) in [5.74, 6) is 0.557. The summed E-state index contributed by atoms with van der Waals surface area (Å²) in [6.45, 7) is 0. The number of benzene rings is 7. The first kappa shape index (κ1) is 34.4. The highest BCUT2D eigenvalue weighted by molar-refractivity contribution is 6.09. The maximum atomic E-state index is 2.72. The van der Waals surface area contributed by atoms with Gasteiger partial charge in [0.2, 0.25) is 0 Å². The fourth-order valence-corrected chi connectivity index (χ4v) is 11.3. The second-order valence-electron chi connectivity index (χ2n) is 16.9. The van der Waals surface area contributed by atoms with E-state index in [-0.39, 0.29) is 0 Å². The largest absolute Gasteiger partial charge is 0.337 e. The van der Waals surface area contributed by atoms with Gasteiger partial charge in [0.1, 0.15) is 0 Å². The monoisotopic (exact) mass is 738 g/mol. The van der Waals surface area contributed by atoms with Crippen LogP contribution in [0.3, 0.4) is 0 Å². The molecule has 0 aliphatic heterocycles. The van der Waals surface area contributed by atoms with Crippen LogP contribution < -0.4 is 4.90 Å². The Morgan fingerprint density at radius 2 is 1.02 bits per heavy atom. The van der Waals surface area contributed by atoms with Crippen molar-refractivity contribution in [3.63, 3.8) is 0 Å². The number of hydrogen-bond acceptors (Lipinski definition) is 1. The lowest BCUT2D eigenvalue weighted by Crippen LogP contribution is -2.28. The van der Waals surface area contributed by atoms with Crippen molar-refractivity contribution in [1.29, 1.82) is 0 Å². The molecule has 0 atom stereocenters. The number of aromatic nitrogens is 1. The topological polar surface area (TPSA) is 8.17 Å². The normalized spacial score (nSPS) is 16.8. The highest BCUT2D eigenvalue weighted by Crippen LogP contribution is 2.57. The third kappa shape index (κ3) is 5.52. The molecule has 7 aromatic carbocycles. The molecular weight excluding hydrogens is 689 g/mol. The number of rotatable bonds is 7. The predicted molar refractivity (Wildman–Crippen MR) is 239 cm³/mol. The van der Waals surface area contributed by atoms with Crippen molar-refractivity contribution in [3.8, 4) is 11.1 Å². The van der Waals surface area contributed by atoms with Crippen molar-refractivity contribution in [1.82, 2.24) is 4.57 Å². The van der Waals surface area contributed by atoms with Crippen LogP contribution in [0.1, 0.15) is 104 Å². The summed E-state index contributed by atoms with van der Waals surface area (Å²) in [6, 6.07) is 65.3. The first-order valence-corrected chi connectivity index (χ1v) is 21.6. The van der Waals surface area contributed by atoms with E-state index in [1.54, 1.807) is 0 Å². The first-order chi connectivity index (χ1) is 28.3. The van der Waals surface area contributed by atoms with Gasteiger partial charge in [-0.3, -0.25) is 0 Å². The van der Waals surface area contributed by atoms with Crippen LogP contribution in [0, 0.1) is 0 Å². The molecule has 11 rings (SSSR count). The van der Waals surface area contributed by atoms with Gasteiger partial charge >= 0.3 is 0 Å². The van der Waals surface area contributed by atoms with E-state index < -0.39 is 5.41 Å². The zero-order valence-corrected chi connectivity index (χ0v) is 32.8. The summed E-state index contributed by atoms with van der Waals surface area (Å²) < 4.78 is 2.72. The minimum Gasteiger partial charge on any atom is -0.337 e. The Kier molecular flexibility index (Phi) is 8.61. The van der Waals surface area contributed by atoms with Crippen LogP contribution in [0.5, 0.6) is 0 Å². The lowest BCUT2D eigenvalue weighted by molar-refractivity contribution is 0.367. The molecule has 3 aliphatic carbocycles. The van der Waals surface area contributed by atoms with Crippen LogP contribution in [-0.4, -0.2) is 4.57 Å². The number of hydrogen-bond donors (Lipinski definition) is 0. The zero-order chi connectivity index (χ0) is 37.8. The maximum Gasteiger partial charge on any atom is 0.0714 e. The summed E-state index contributed by atoms with van der Waals surface area (Å²) in [6.07, 6.45) is 12.9. The first-order valence-electron chi connectivity index (χ1n) is 21.6. The quantitative estimate of drug-likeness (QED) is 0.158. The molecule has 2 fully saturated rings. The second kappa shape index (κ2) is 14.3. The van der Waals surface area contributed by atoms with Crippen molar-refractivity contribution in [2.45, 2.75) is 81.6 Å². The fraction of sp³-hybridized carbons (Fsp3) is 0.236. The van der Waals surface area contributed by atoms with E-state index >= 15 is 0 Å². The van der Waals surface area contributed by atoms with E-state index in [4.69, 9.17) is 0 Å². The van der Waals surface area contributed by atoms with Gasteiger partial charge in [0.25, 0.3) is 0 Å². The summed E-state index contributed by atoms with van der Waals surface area (Å²) in [5, 5.41) is 2.72. The van der Waals surface area contributed by atoms with Crippen LogP contribution in [0.2, 0.25) is 0 Å². The Hall–Kier alpha value is -5.86. The smallest absolute Gasteiger partial charge is 0.0714 e. The second-order valence-corrected chi connectivity index (χ2v) is 16.9. The third-order valence-corrected chi connectivity index (χ3v) is 13.8. The van der Waals surface area contributed by atoms with Crippen molar-refractivity contribution < 1.29 is 0 Å². The molecule has 1 heterocycles. The Labute approximate surface area is 337 Å². The van der Waals surface area contributed by atoms with Crippen molar-refractivity contribution >= 4 is 38.9 Å². The molecule has 0 bridgehead atoms. The van der Waals surface area contributed by atoms with Gasteiger partial charge in [-0.2, -0.15) is 0 Å². The highest BCUT2D eigenvalue weighted by Gasteiger charge is 2.46. The molecule has 2 saturated carbocycles. The summed E-state index contributed by atoms with van der Waals surface area (Å²) >= 11 is 0. The molecule has 0 amide bonds. The van der Waals surface area contributed by atoms with Gasteiger partial charge in [0.15, 0.2) is 0 Å². The summed E-state index contributed by atoms with van der Waals surface area (Å²) in [4.78, 5) is 2.62. The number of para-hydroxylation sites is 2. The van der Waals surface area contributed by atoms with E-state index in [1.165, 1.54) is 142 Å². The molecule has 0 unspecified atom stereocenters.